The topological polar surface area (TPSA) is 84.0 Å². The normalized spacial score (nSPS) is 15.1. The van der Waals surface area contributed by atoms with E-state index in [9.17, 15) is 4.79 Å². The molecule has 0 bridgehead atoms. The molecular formula is C23H29ClN4O3. The lowest BCUT2D eigenvalue weighted by atomic mass is 10.1. The summed E-state index contributed by atoms with van der Waals surface area (Å²) in [6, 6.07) is 11.1. The number of halogens is 1. The fraction of sp³-hybridized carbons (Fsp3) is 0.391. The van der Waals surface area contributed by atoms with Gasteiger partial charge in [0.1, 0.15) is 17.6 Å². The fourth-order valence-electron chi connectivity index (χ4n) is 3.41. The molecule has 0 spiro atoms. The number of ether oxygens (including phenoxy) is 2. The molecule has 2 aromatic carbocycles. The largest absolute Gasteiger partial charge is 0.494 e. The van der Waals surface area contributed by atoms with Gasteiger partial charge in [-0.1, -0.05) is 23.7 Å². The average molecular weight is 445 g/mol. The maximum absolute atomic E-state index is 12.2. The Morgan fingerprint density at radius 3 is 2.74 bits per heavy atom. The smallest absolute Gasteiger partial charge is 0.252 e. The standard InChI is InChI=1S/C23H29ClN4O3/c1-4-30-20-12-16-11-15(2)31-21(16)13-17(20)14-28-23(25-3)27-10-9-26-22(29)18-7-5-6-8-19(18)24/h5-8,12-13,15H,4,9-11,14H2,1-3H3,(H,26,29)(H2,25,27,28). The van der Waals surface area contributed by atoms with E-state index in [4.69, 9.17) is 21.1 Å². The molecule has 166 valence electrons. The Bertz CT molecular complexity index is 948. The zero-order valence-electron chi connectivity index (χ0n) is 18.1. The molecule has 7 nitrogen and oxygen atoms in total. The van der Waals surface area contributed by atoms with E-state index in [0.717, 1.165) is 23.5 Å². The first-order chi connectivity index (χ1) is 15.0. The monoisotopic (exact) mass is 444 g/mol. The van der Waals surface area contributed by atoms with Crippen LogP contribution in [-0.2, 0) is 13.0 Å². The lowest BCUT2D eigenvalue weighted by Crippen LogP contribution is -2.41. The Balaban J connectivity index is 1.50. The number of nitrogens with zero attached hydrogens (tertiary/aromatic N) is 1. The molecule has 3 rings (SSSR count). The van der Waals surface area contributed by atoms with Crippen LogP contribution in [0, 0.1) is 0 Å². The molecule has 0 saturated heterocycles. The summed E-state index contributed by atoms with van der Waals surface area (Å²) >= 11 is 6.06. The molecule has 0 saturated carbocycles. The minimum absolute atomic E-state index is 0.183. The van der Waals surface area contributed by atoms with Crippen LogP contribution in [-0.4, -0.2) is 44.7 Å². The first-order valence-corrected chi connectivity index (χ1v) is 10.8. The molecule has 1 atom stereocenters. The van der Waals surface area contributed by atoms with Crippen molar-refractivity contribution in [2.45, 2.75) is 32.9 Å². The maximum atomic E-state index is 12.2. The van der Waals surface area contributed by atoms with Gasteiger partial charge in [0.15, 0.2) is 5.96 Å². The Kier molecular flexibility index (Phi) is 8.00. The van der Waals surface area contributed by atoms with Crippen molar-refractivity contribution in [3.8, 4) is 11.5 Å². The van der Waals surface area contributed by atoms with E-state index in [1.165, 1.54) is 5.56 Å². The molecule has 1 aliphatic rings. The van der Waals surface area contributed by atoms with Gasteiger partial charge in [-0.2, -0.15) is 0 Å². The fourth-order valence-corrected chi connectivity index (χ4v) is 3.63. The van der Waals surface area contributed by atoms with Crippen molar-refractivity contribution >= 4 is 23.5 Å². The molecule has 1 amide bonds. The number of guanidine groups is 1. The van der Waals surface area contributed by atoms with E-state index in [1.54, 1.807) is 31.3 Å². The van der Waals surface area contributed by atoms with E-state index >= 15 is 0 Å². The third-order valence-corrected chi connectivity index (χ3v) is 5.20. The number of aliphatic imine (C=N–C) groups is 1. The number of hydrogen-bond acceptors (Lipinski definition) is 4. The molecule has 2 aromatic rings. The summed E-state index contributed by atoms with van der Waals surface area (Å²) in [4.78, 5) is 16.5. The number of fused-ring (bicyclic) bond motifs is 1. The van der Waals surface area contributed by atoms with Crippen LogP contribution < -0.4 is 25.4 Å². The van der Waals surface area contributed by atoms with Gasteiger partial charge in [0, 0.05) is 44.2 Å². The minimum Gasteiger partial charge on any atom is -0.494 e. The molecular weight excluding hydrogens is 416 g/mol. The summed E-state index contributed by atoms with van der Waals surface area (Å²) in [6.07, 6.45) is 1.08. The zero-order valence-corrected chi connectivity index (χ0v) is 18.9. The van der Waals surface area contributed by atoms with Crippen LogP contribution in [0.15, 0.2) is 41.4 Å². The van der Waals surface area contributed by atoms with E-state index in [-0.39, 0.29) is 12.0 Å². The van der Waals surface area contributed by atoms with Crippen molar-refractivity contribution in [1.29, 1.82) is 0 Å². The van der Waals surface area contributed by atoms with Crippen LogP contribution in [0.3, 0.4) is 0 Å². The summed E-state index contributed by atoms with van der Waals surface area (Å²) in [5.41, 5.74) is 2.64. The average Bonchev–Trinajstić information content (AvgIpc) is 3.12. The number of benzene rings is 2. The van der Waals surface area contributed by atoms with Crippen molar-refractivity contribution in [1.82, 2.24) is 16.0 Å². The summed E-state index contributed by atoms with van der Waals surface area (Å²) in [7, 11) is 1.70. The van der Waals surface area contributed by atoms with Gasteiger partial charge in [-0.3, -0.25) is 9.79 Å². The highest BCUT2D eigenvalue weighted by atomic mass is 35.5. The van der Waals surface area contributed by atoms with Gasteiger partial charge in [0.25, 0.3) is 5.91 Å². The quantitative estimate of drug-likeness (QED) is 0.331. The summed E-state index contributed by atoms with van der Waals surface area (Å²) in [5, 5.41) is 9.76. The summed E-state index contributed by atoms with van der Waals surface area (Å²) < 4.78 is 11.7. The molecule has 8 heteroatoms. The molecule has 0 radical (unpaired) electrons. The van der Waals surface area contributed by atoms with Crippen LogP contribution >= 0.6 is 11.6 Å². The lowest BCUT2D eigenvalue weighted by Gasteiger charge is -2.16. The van der Waals surface area contributed by atoms with Gasteiger partial charge in [-0.05, 0) is 38.1 Å². The molecule has 3 N–H and O–H groups in total. The zero-order chi connectivity index (χ0) is 22.2. The molecule has 0 aliphatic carbocycles. The third kappa shape index (κ3) is 6.04. The van der Waals surface area contributed by atoms with Crippen molar-refractivity contribution in [3.63, 3.8) is 0 Å². The van der Waals surface area contributed by atoms with E-state index in [1.807, 2.05) is 13.0 Å². The first-order valence-electron chi connectivity index (χ1n) is 10.4. The second-order valence-corrected chi connectivity index (χ2v) is 7.63. The summed E-state index contributed by atoms with van der Waals surface area (Å²) in [5.74, 6) is 2.19. The van der Waals surface area contributed by atoms with Gasteiger partial charge >= 0.3 is 0 Å². The van der Waals surface area contributed by atoms with Gasteiger partial charge in [0.05, 0.1) is 17.2 Å². The van der Waals surface area contributed by atoms with E-state index in [0.29, 0.717) is 42.8 Å². The van der Waals surface area contributed by atoms with Crippen LogP contribution in [0.2, 0.25) is 5.02 Å². The molecule has 1 unspecified atom stereocenters. The van der Waals surface area contributed by atoms with Crippen molar-refractivity contribution in [3.05, 3.63) is 58.1 Å². The number of rotatable bonds is 8. The van der Waals surface area contributed by atoms with Gasteiger partial charge in [0.2, 0.25) is 0 Å². The highest BCUT2D eigenvalue weighted by Gasteiger charge is 2.22. The molecule has 31 heavy (non-hydrogen) atoms. The van der Waals surface area contributed by atoms with Crippen LogP contribution in [0.25, 0.3) is 0 Å². The van der Waals surface area contributed by atoms with Gasteiger partial charge in [-0.25, -0.2) is 0 Å². The third-order valence-electron chi connectivity index (χ3n) is 4.87. The summed E-state index contributed by atoms with van der Waals surface area (Å²) in [6.45, 7) is 6.11. The maximum Gasteiger partial charge on any atom is 0.252 e. The van der Waals surface area contributed by atoms with Gasteiger partial charge < -0.3 is 25.4 Å². The second kappa shape index (κ2) is 10.9. The van der Waals surface area contributed by atoms with Crippen LogP contribution in [0.4, 0.5) is 0 Å². The number of hydrogen-bond donors (Lipinski definition) is 3. The lowest BCUT2D eigenvalue weighted by molar-refractivity contribution is 0.0954. The first kappa shape index (κ1) is 22.7. The highest BCUT2D eigenvalue weighted by Crippen LogP contribution is 2.35. The van der Waals surface area contributed by atoms with Gasteiger partial charge in [-0.15, -0.1) is 0 Å². The SMILES string of the molecule is CCOc1cc2c(cc1CNC(=NC)NCCNC(=O)c1ccccc1Cl)OC(C)C2. The molecule has 1 aliphatic heterocycles. The number of carbonyl (C=O) groups excluding carboxylic acids is 1. The molecule has 0 aromatic heterocycles. The Labute approximate surface area is 188 Å². The van der Waals surface area contributed by atoms with Crippen LogP contribution in [0.5, 0.6) is 11.5 Å². The molecule has 1 heterocycles. The number of nitrogens with one attached hydrogen (secondary N) is 3. The van der Waals surface area contributed by atoms with Crippen molar-refractivity contribution in [2.75, 3.05) is 26.7 Å². The number of amides is 1. The second-order valence-electron chi connectivity index (χ2n) is 7.22. The predicted molar refractivity (Wildman–Crippen MR) is 123 cm³/mol. The predicted octanol–water partition coefficient (Wildman–Crippen LogP) is 3.16. The Hall–Kier alpha value is -2.93. The Morgan fingerprint density at radius 1 is 1.23 bits per heavy atom. The van der Waals surface area contributed by atoms with Crippen molar-refractivity contribution in [2.24, 2.45) is 4.99 Å². The van der Waals surface area contributed by atoms with Crippen molar-refractivity contribution < 1.29 is 14.3 Å². The van der Waals surface area contributed by atoms with E-state index in [2.05, 4.69) is 33.9 Å². The van der Waals surface area contributed by atoms with E-state index < -0.39 is 0 Å². The van der Waals surface area contributed by atoms with Crippen LogP contribution in [0.1, 0.15) is 35.3 Å². The molecule has 0 fully saturated rings. The minimum atomic E-state index is -0.205. The number of carbonyl (C=O) groups is 1. The highest BCUT2D eigenvalue weighted by molar-refractivity contribution is 6.33. The Morgan fingerprint density at radius 2 is 2.00 bits per heavy atom.